The molecule has 1 heterocycles. The van der Waals surface area contributed by atoms with Crippen LogP contribution in [0.15, 0.2) is 18.2 Å². The highest BCUT2D eigenvalue weighted by Gasteiger charge is 2.34. The molecule has 1 N–H and O–H groups in total. The number of ether oxygens (including phenoxy) is 2. The Balaban J connectivity index is 1.77. The van der Waals surface area contributed by atoms with E-state index >= 15 is 0 Å². The molecule has 21 heavy (non-hydrogen) atoms. The van der Waals surface area contributed by atoms with Crippen molar-refractivity contribution >= 4 is 17.3 Å². The maximum absolute atomic E-state index is 6.20. The summed E-state index contributed by atoms with van der Waals surface area (Å²) in [4.78, 5) is 2.32. The molecule has 0 radical (unpaired) electrons. The number of methoxy groups -OCH3 is 2. The fourth-order valence-electron chi connectivity index (χ4n) is 2.92. The SMILES string of the molecule is COC1CN(c2cc(Cl)ccc2CNC2CC2)CC1OC. The van der Waals surface area contributed by atoms with E-state index in [4.69, 9.17) is 21.1 Å². The third-order valence-electron chi connectivity index (χ3n) is 4.37. The summed E-state index contributed by atoms with van der Waals surface area (Å²) in [5.74, 6) is 0. The van der Waals surface area contributed by atoms with E-state index in [9.17, 15) is 0 Å². The molecule has 0 amide bonds. The second-order valence-corrected chi connectivity index (χ2v) is 6.32. The molecule has 3 rings (SSSR count). The first-order valence-corrected chi connectivity index (χ1v) is 7.91. The minimum atomic E-state index is 0.109. The van der Waals surface area contributed by atoms with Gasteiger partial charge in [-0.25, -0.2) is 0 Å². The minimum absolute atomic E-state index is 0.109. The molecule has 1 aromatic rings. The highest BCUT2D eigenvalue weighted by molar-refractivity contribution is 6.30. The summed E-state index contributed by atoms with van der Waals surface area (Å²) >= 11 is 6.20. The lowest BCUT2D eigenvalue weighted by atomic mass is 10.1. The molecule has 1 saturated carbocycles. The van der Waals surface area contributed by atoms with Crippen LogP contribution in [0.5, 0.6) is 0 Å². The number of hydrogen-bond donors (Lipinski definition) is 1. The number of anilines is 1. The second kappa shape index (κ2) is 6.53. The van der Waals surface area contributed by atoms with E-state index in [0.717, 1.165) is 24.7 Å². The Hall–Kier alpha value is -0.810. The van der Waals surface area contributed by atoms with Gasteiger partial charge in [-0.05, 0) is 30.5 Å². The van der Waals surface area contributed by atoms with Crippen LogP contribution < -0.4 is 10.2 Å². The van der Waals surface area contributed by atoms with Crippen molar-refractivity contribution in [2.24, 2.45) is 0 Å². The van der Waals surface area contributed by atoms with Gasteiger partial charge in [-0.1, -0.05) is 17.7 Å². The van der Waals surface area contributed by atoms with Crippen LogP contribution in [0.3, 0.4) is 0 Å². The van der Waals surface area contributed by atoms with Gasteiger partial charge >= 0.3 is 0 Å². The van der Waals surface area contributed by atoms with Gasteiger partial charge < -0.3 is 19.7 Å². The summed E-state index contributed by atoms with van der Waals surface area (Å²) in [6, 6.07) is 6.84. The second-order valence-electron chi connectivity index (χ2n) is 5.88. The summed E-state index contributed by atoms with van der Waals surface area (Å²) in [6.45, 7) is 2.57. The van der Waals surface area contributed by atoms with E-state index in [-0.39, 0.29) is 12.2 Å². The van der Waals surface area contributed by atoms with Crippen LogP contribution in [0.2, 0.25) is 5.02 Å². The Bertz CT molecular complexity index is 481. The van der Waals surface area contributed by atoms with Gasteiger partial charge in [-0.3, -0.25) is 0 Å². The van der Waals surface area contributed by atoms with Crippen molar-refractivity contribution in [3.8, 4) is 0 Å². The minimum Gasteiger partial charge on any atom is -0.377 e. The van der Waals surface area contributed by atoms with Crippen molar-refractivity contribution in [2.75, 3.05) is 32.2 Å². The number of hydrogen-bond acceptors (Lipinski definition) is 4. The average molecular weight is 311 g/mol. The van der Waals surface area contributed by atoms with Gasteiger partial charge in [0.1, 0.15) is 12.2 Å². The van der Waals surface area contributed by atoms with Crippen LogP contribution in [-0.2, 0) is 16.0 Å². The van der Waals surface area contributed by atoms with Gasteiger partial charge in [0.2, 0.25) is 0 Å². The van der Waals surface area contributed by atoms with Crippen LogP contribution in [0.1, 0.15) is 18.4 Å². The molecule has 1 aliphatic carbocycles. The molecular weight excluding hydrogens is 288 g/mol. The largest absolute Gasteiger partial charge is 0.377 e. The topological polar surface area (TPSA) is 33.7 Å². The molecular formula is C16H23ClN2O2. The van der Waals surface area contributed by atoms with Crippen LogP contribution in [0.25, 0.3) is 0 Å². The normalized spacial score (nSPS) is 25.6. The Labute approximate surface area is 131 Å². The number of nitrogens with one attached hydrogen (secondary N) is 1. The first-order valence-electron chi connectivity index (χ1n) is 7.53. The van der Waals surface area contributed by atoms with Crippen LogP contribution in [0, 0.1) is 0 Å². The van der Waals surface area contributed by atoms with Gasteiger partial charge in [-0.15, -0.1) is 0 Å². The van der Waals surface area contributed by atoms with Crippen LogP contribution >= 0.6 is 11.6 Å². The fraction of sp³-hybridized carbons (Fsp3) is 0.625. The zero-order chi connectivity index (χ0) is 14.8. The van der Waals surface area contributed by atoms with Crippen molar-refractivity contribution in [3.63, 3.8) is 0 Å². The summed E-state index contributed by atoms with van der Waals surface area (Å²) in [7, 11) is 3.49. The lowest BCUT2D eigenvalue weighted by molar-refractivity contribution is -0.00461. The smallest absolute Gasteiger partial charge is 0.102 e. The van der Waals surface area contributed by atoms with Crippen molar-refractivity contribution in [1.29, 1.82) is 0 Å². The Kier molecular flexibility index (Phi) is 4.69. The zero-order valence-corrected chi connectivity index (χ0v) is 13.4. The zero-order valence-electron chi connectivity index (χ0n) is 12.6. The lowest BCUT2D eigenvalue weighted by Gasteiger charge is -2.22. The Morgan fingerprint density at radius 1 is 1.19 bits per heavy atom. The Morgan fingerprint density at radius 3 is 2.43 bits per heavy atom. The predicted molar refractivity (Wildman–Crippen MR) is 85.1 cm³/mol. The number of halogens is 1. The maximum Gasteiger partial charge on any atom is 0.102 e. The molecule has 1 aliphatic heterocycles. The van der Waals surface area contributed by atoms with Crippen molar-refractivity contribution < 1.29 is 9.47 Å². The lowest BCUT2D eigenvalue weighted by Crippen LogP contribution is -2.27. The molecule has 2 aliphatic rings. The van der Waals surface area contributed by atoms with Crippen molar-refractivity contribution in [3.05, 3.63) is 28.8 Å². The van der Waals surface area contributed by atoms with Gasteiger partial charge in [0.25, 0.3) is 0 Å². The monoisotopic (exact) mass is 310 g/mol. The van der Waals surface area contributed by atoms with Crippen LogP contribution in [-0.4, -0.2) is 45.6 Å². The van der Waals surface area contributed by atoms with Crippen LogP contribution in [0.4, 0.5) is 5.69 Å². The van der Waals surface area contributed by atoms with Crippen molar-refractivity contribution in [2.45, 2.75) is 37.6 Å². The van der Waals surface area contributed by atoms with E-state index in [1.807, 2.05) is 6.07 Å². The molecule has 4 nitrogen and oxygen atoms in total. The number of benzene rings is 1. The summed E-state index contributed by atoms with van der Waals surface area (Å²) < 4.78 is 11.1. The predicted octanol–water partition coefficient (Wildman–Crippen LogP) is 2.44. The van der Waals surface area contributed by atoms with E-state index < -0.39 is 0 Å². The molecule has 116 valence electrons. The van der Waals surface area contributed by atoms with E-state index in [1.54, 1.807) is 14.2 Å². The van der Waals surface area contributed by atoms with Gasteiger partial charge in [0.05, 0.1) is 0 Å². The summed E-state index contributed by atoms with van der Waals surface area (Å²) in [5, 5.41) is 4.35. The van der Waals surface area contributed by atoms with Gasteiger partial charge in [0.15, 0.2) is 0 Å². The highest BCUT2D eigenvalue weighted by atomic mass is 35.5. The molecule has 5 heteroatoms. The summed E-state index contributed by atoms with van der Waals surface area (Å²) in [6.07, 6.45) is 2.81. The molecule has 0 aromatic heterocycles. The van der Waals surface area contributed by atoms with E-state index in [1.165, 1.54) is 24.1 Å². The maximum atomic E-state index is 6.20. The quantitative estimate of drug-likeness (QED) is 0.875. The van der Waals surface area contributed by atoms with E-state index in [2.05, 4.69) is 22.3 Å². The number of nitrogens with zero attached hydrogens (tertiary/aromatic N) is 1. The van der Waals surface area contributed by atoms with E-state index in [0.29, 0.717) is 6.04 Å². The van der Waals surface area contributed by atoms with Gasteiger partial charge in [-0.2, -0.15) is 0 Å². The average Bonchev–Trinajstić information content (AvgIpc) is 3.23. The fourth-order valence-corrected chi connectivity index (χ4v) is 3.08. The molecule has 2 atom stereocenters. The molecule has 2 unspecified atom stereocenters. The molecule has 0 bridgehead atoms. The third-order valence-corrected chi connectivity index (χ3v) is 4.60. The molecule has 2 fully saturated rings. The Morgan fingerprint density at radius 2 is 1.86 bits per heavy atom. The first-order chi connectivity index (χ1) is 10.2. The van der Waals surface area contributed by atoms with Crippen molar-refractivity contribution in [1.82, 2.24) is 5.32 Å². The number of rotatable bonds is 6. The molecule has 1 aromatic carbocycles. The molecule has 1 saturated heterocycles. The third kappa shape index (κ3) is 3.51. The van der Waals surface area contributed by atoms with Gasteiger partial charge in [0, 0.05) is 50.6 Å². The standard InChI is InChI=1S/C16H23ClN2O2/c1-20-15-9-19(10-16(15)21-2)14-7-12(17)4-3-11(14)8-18-13-5-6-13/h3-4,7,13,15-16,18H,5-6,8-10H2,1-2H3. The highest BCUT2D eigenvalue weighted by Crippen LogP contribution is 2.30. The molecule has 0 spiro atoms. The summed E-state index contributed by atoms with van der Waals surface area (Å²) in [5.41, 5.74) is 2.48. The first kappa shape index (κ1) is 15.1.